The van der Waals surface area contributed by atoms with Crippen molar-refractivity contribution in [1.29, 1.82) is 0 Å². The molecule has 0 radical (unpaired) electrons. The molecule has 0 amide bonds. The van der Waals surface area contributed by atoms with Gasteiger partial charge < -0.3 is 10.5 Å². The first-order chi connectivity index (χ1) is 4.41. The number of rotatable bonds is 6. The van der Waals surface area contributed by atoms with Gasteiger partial charge in [0.05, 0.1) is 6.73 Å². The SMILES string of the molecule is CCCCCCOCN. The van der Waals surface area contributed by atoms with Gasteiger partial charge in [0.1, 0.15) is 0 Å². The molecular formula is C7H17NO. The molecule has 0 aliphatic carbocycles. The van der Waals surface area contributed by atoms with E-state index in [1.165, 1.54) is 19.3 Å². The van der Waals surface area contributed by atoms with E-state index in [1.54, 1.807) is 0 Å². The normalized spacial score (nSPS) is 10.0. The number of unbranched alkanes of at least 4 members (excludes halogenated alkanes) is 3. The minimum absolute atomic E-state index is 0.367. The molecule has 0 saturated carbocycles. The van der Waals surface area contributed by atoms with Gasteiger partial charge in [0, 0.05) is 6.61 Å². The van der Waals surface area contributed by atoms with Crippen LogP contribution in [0.15, 0.2) is 0 Å². The Morgan fingerprint density at radius 1 is 1.22 bits per heavy atom. The van der Waals surface area contributed by atoms with Crippen molar-refractivity contribution in [3.05, 3.63) is 0 Å². The van der Waals surface area contributed by atoms with Crippen molar-refractivity contribution in [2.45, 2.75) is 32.6 Å². The standard InChI is InChI=1S/C7H17NO/c1-2-3-4-5-6-9-7-8/h2-8H2,1H3. The average Bonchev–Trinajstić information content (AvgIpc) is 1.89. The second kappa shape index (κ2) is 7.92. The van der Waals surface area contributed by atoms with E-state index in [9.17, 15) is 0 Å². The van der Waals surface area contributed by atoms with Gasteiger partial charge in [-0.25, -0.2) is 0 Å². The van der Waals surface area contributed by atoms with E-state index >= 15 is 0 Å². The van der Waals surface area contributed by atoms with Gasteiger partial charge in [0.2, 0.25) is 0 Å². The molecule has 0 spiro atoms. The lowest BCUT2D eigenvalue weighted by Crippen LogP contribution is -2.05. The van der Waals surface area contributed by atoms with E-state index in [-0.39, 0.29) is 0 Å². The van der Waals surface area contributed by atoms with Gasteiger partial charge in [-0.3, -0.25) is 0 Å². The molecule has 0 heterocycles. The number of nitrogens with two attached hydrogens (primary N) is 1. The van der Waals surface area contributed by atoms with E-state index in [0.717, 1.165) is 13.0 Å². The van der Waals surface area contributed by atoms with Crippen molar-refractivity contribution in [2.75, 3.05) is 13.3 Å². The van der Waals surface area contributed by atoms with Crippen molar-refractivity contribution < 1.29 is 4.74 Å². The maximum absolute atomic E-state index is 5.12. The fourth-order valence-electron chi connectivity index (χ4n) is 0.714. The molecule has 0 saturated heterocycles. The summed E-state index contributed by atoms with van der Waals surface area (Å²) in [5, 5.41) is 0. The van der Waals surface area contributed by atoms with Crippen LogP contribution < -0.4 is 5.73 Å². The summed E-state index contributed by atoms with van der Waals surface area (Å²) in [6.07, 6.45) is 5.03. The molecule has 2 heteroatoms. The van der Waals surface area contributed by atoms with Crippen molar-refractivity contribution in [3.8, 4) is 0 Å². The molecule has 0 bridgehead atoms. The number of hydrogen-bond donors (Lipinski definition) is 1. The van der Waals surface area contributed by atoms with Crippen LogP contribution in [0.2, 0.25) is 0 Å². The highest BCUT2D eigenvalue weighted by Crippen LogP contribution is 1.97. The Balaban J connectivity index is 2.60. The quantitative estimate of drug-likeness (QED) is 0.438. The first kappa shape index (κ1) is 8.92. The molecule has 0 aliphatic rings. The summed E-state index contributed by atoms with van der Waals surface area (Å²) in [5.74, 6) is 0. The van der Waals surface area contributed by atoms with Crippen molar-refractivity contribution in [2.24, 2.45) is 5.73 Å². The van der Waals surface area contributed by atoms with Crippen LogP contribution in [-0.2, 0) is 4.74 Å². The van der Waals surface area contributed by atoms with E-state index in [4.69, 9.17) is 10.5 Å². The number of ether oxygens (including phenoxy) is 1. The molecule has 2 N–H and O–H groups in total. The van der Waals surface area contributed by atoms with Crippen LogP contribution in [-0.4, -0.2) is 13.3 Å². The van der Waals surface area contributed by atoms with Crippen molar-refractivity contribution >= 4 is 0 Å². The highest BCUT2D eigenvalue weighted by Gasteiger charge is 1.85. The smallest absolute Gasteiger partial charge is 0.0940 e. The Labute approximate surface area is 57.4 Å². The Kier molecular flexibility index (Phi) is 7.85. The lowest BCUT2D eigenvalue weighted by atomic mass is 10.2. The highest BCUT2D eigenvalue weighted by atomic mass is 16.5. The van der Waals surface area contributed by atoms with E-state index in [0.29, 0.717) is 6.73 Å². The van der Waals surface area contributed by atoms with Gasteiger partial charge in [0.15, 0.2) is 0 Å². The summed E-state index contributed by atoms with van der Waals surface area (Å²) in [5.41, 5.74) is 5.12. The van der Waals surface area contributed by atoms with Crippen LogP contribution in [0.25, 0.3) is 0 Å². The molecule has 0 unspecified atom stereocenters. The molecular weight excluding hydrogens is 114 g/mol. The summed E-state index contributed by atoms with van der Waals surface area (Å²) < 4.78 is 4.96. The summed E-state index contributed by atoms with van der Waals surface area (Å²) in [6.45, 7) is 3.40. The minimum Gasteiger partial charge on any atom is -0.367 e. The summed E-state index contributed by atoms with van der Waals surface area (Å²) in [7, 11) is 0. The molecule has 0 fully saturated rings. The molecule has 0 rings (SSSR count). The van der Waals surface area contributed by atoms with Gasteiger partial charge in [-0.15, -0.1) is 0 Å². The van der Waals surface area contributed by atoms with Gasteiger partial charge >= 0.3 is 0 Å². The maximum Gasteiger partial charge on any atom is 0.0940 e. The van der Waals surface area contributed by atoms with Crippen LogP contribution >= 0.6 is 0 Å². The van der Waals surface area contributed by atoms with Crippen molar-refractivity contribution in [3.63, 3.8) is 0 Å². The van der Waals surface area contributed by atoms with Gasteiger partial charge in [-0.2, -0.15) is 0 Å². The molecule has 0 atom stereocenters. The predicted octanol–water partition coefficient (Wildman–Crippen LogP) is 1.50. The second-order valence-electron chi connectivity index (χ2n) is 2.14. The Morgan fingerprint density at radius 3 is 2.56 bits per heavy atom. The predicted molar refractivity (Wildman–Crippen MR) is 39.1 cm³/mol. The van der Waals surface area contributed by atoms with E-state index in [2.05, 4.69) is 6.92 Å². The van der Waals surface area contributed by atoms with Crippen LogP contribution in [0.4, 0.5) is 0 Å². The Bertz CT molecular complexity index is 42.2. The maximum atomic E-state index is 5.12. The van der Waals surface area contributed by atoms with E-state index < -0.39 is 0 Å². The first-order valence-electron chi connectivity index (χ1n) is 3.69. The minimum atomic E-state index is 0.367. The first-order valence-corrected chi connectivity index (χ1v) is 3.69. The van der Waals surface area contributed by atoms with Gasteiger partial charge in [-0.1, -0.05) is 26.2 Å². The topological polar surface area (TPSA) is 35.2 Å². The molecule has 9 heavy (non-hydrogen) atoms. The fourth-order valence-corrected chi connectivity index (χ4v) is 0.714. The zero-order valence-electron chi connectivity index (χ0n) is 6.23. The molecule has 0 aromatic rings. The highest BCUT2D eigenvalue weighted by molar-refractivity contribution is 4.37. The van der Waals surface area contributed by atoms with Gasteiger partial charge in [-0.05, 0) is 6.42 Å². The van der Waals surface area contributed by atoms with Crippen LogP contribution in [0, 0.1) is 0 Å². The van der Waals surface area contributed by atoms with Crippen LogP contribution in [0.1, 0.15) is 32.6 Å². The van der Waals surface area contributed by atoms with Crippen LogP contribution in [0.5, 0.6) is 0 Å². The third kappa shape index (κ3) is 7.92. The van der Waals surface area contributed by atoms with Gasteiger partial charge in [0.25, 0.3) is 0 Å². The van der Waals surface area contributed by atoms with Crippen LogP contribution in [0.3, 0.4) is 0 Å². The monoisotopic (exact) mass is 131 g/mol. The fraction of sp³-hybridized carbons (Fsp3) is 1.00. The lowest BCUT2D eigenvalue weighted by Gasteiger charge is -1.98. The third-order valence-corrected chi connectivity index (χ3v) is 1.26. The molecule has 0 aliphatic heterocycles. The third-order valence-electron chi connectivity index (χ3n) is 1.26. The largest absolute Gasteiger partial charge is 0.367 e. The summed E-state index contributed by atoms with van der Waals surface area (Å²) in [6, 6.07) is 0. The van der Waals surface area contributed by atoms with E-state index in [1.807, 2.05) is 0 Å². The van der Waals surface area contributed by atoms with Crippen molar-refractivity contribution in [1.82, 2.24) is 0 Å². The number of hydrogen-bond acceptors (Lipinski definition) is 2. The summed E-state index contributed by atoms with van der Waals surface area (Å²) >= 11 is 0. The lowest BCUT2D eigenvalue weighted by molar-refractivity contribution is 0.136. The molecule has 0 aromatic heterocycles. The molecule has 2 nitrogen and oxygen atoms in total. The zero-order valence-corrected chi connectivity index (χ0v) is 6.23. The Morgan fingerprint density at radius 2 is 2.00 bits per heavy atom. The summed E-state index contributed by atoms with van der Waals surface area (Å²) in [4.78, 5) is 0. The Hall–Kier alpha value is -0.0800. The zero-order chi connectivity index (χ0) is 6.95. The second-order valence-corrected chi connectivity index (χ2v) is 2.14. The molecule has 0 aromatic carbocycles. The molecule has 56 valence electrons. The average molecular weight is 131 g/mol.